The van der Waals surface area contributed by atoms with Crippen molar-refractivity contribution in [3.05, 3.63) is 10.2 Å². The molecule has 0 amide bonds. The zero-order valence-corrected chi connectivity index (χ0v) is 9.47. The van der Waals surface area contributed by atoms with Crippen molar-refractivity contribution in [3.8, 4) is 0 Å². The van der Waals surface area contributed by atoms with E-state index in [1.54, 1.807) is 0 Å². The molecule has 0 bridgehead atoms. The maximum atomic E-state index is 6.07. The Morgan fingerprint density at radius 1 is 1.07 bits per heavy atom. The Morgan fingerprint density at radius 2 is 1.71 bits per heavy atom. The van der Waals surface area contributed by atoms with Crippen LogP contribution in [-0.4, -0.2) is 37.4 Å². The third-order valence-corrected chi connectivity index (χ3v) is 3.07. The molecule has 0 aromatic carbocycles. The molecular formula is C8H10Cl2N4. The molecule has 4 nitrogen and oxygen atoms in total. The van der Waals surface area contributed by atoms with Gasteiger partial charge in [0.1, 0.15) is 10.7 Å². The van der Waals surface area contributed by atoms with Crippen LogP contribution >= 0.6 is 23.2 Å². The van der Waals surface area contributed by atoms with Gasteiger partial charge in [-0.25, -0.2) is 0 Å². The molecule has 1 aliphatic rings. The van der Waals surface area contributed by atoms with E-state index in [-0.39, 0.29) is 5.15 Å². The normalized spacial score (nSPS) is 15.7. The topological polar surface area (TPSA) is 32.3 Å². The quantitative estimate of drug-likeness (QED) is 0.682. The first-order valence-corrected chi connectivity index (χ1v) is 5.01. The van der Waals surface area contributed by atoms with Gasteiger partial charge in [-0.2, -0.15) is 0 Å². The van der Waals surface area contributed by atoms with Gasteiger partial charge < -0.3 is 9.80 Å². The lowest BCUT2D eigenvalue weighted by Crippen LogP contribution is -2.37. The van der Waals surface area contributed by atoms with Gasteiger partial charge in [-0.15, -0.1) is 10.2 Å². The van der Waals surface area contributed by atoms with Gasteiger partial charge in [0.15, 0.2) is 11.0 Å². The lowest BCUT2D eigenvalue weighted by molar-refractivity contribution is 0.767. The van der Waals surface area contributed by atoms with E-state index >= 15 is 0 Å². The van der Waals surface area contributed by atoms with Crippen molar-refractivity contribution in [1.29, 1.82) is 0 Å². The van der Waals surface area contributed by atoms with Crippen molar-refractivity contribution in [3.63, 3.8) is 0 Å². The predicted molar refractivity (Wildman–Crippen MR) is 58.6 cm³/mol. The maximum Gasteiger partial charge on any atom is 0.176 e. The Bertz CT molecular complexity index is 369. The minimum absolute atomic E-state index is 0.257. The van der Waals surface area contributed by atoms with E-state index < -0.39 is 0 Å². The Kier molecular flexibility index (Phi) is 2.41. The van der Waals surface area contributed by atoms with Crippen molar-refractivity contribution >= 4 is 34.7 Å². The number of fused-ring (bicyclic) bond motifs is 1. The largest absolute Gasteiger partial charge is 0.368 e. The van der Waals surface area contributed by atoms with Crippen LogP contribution in [0, 0.1) is 0 Å². The van der Waals surface area contributed by atoms with E-state index in [1.165, 1.54) is 0 Å². The monoisotopic (exact) mass is 232 g/mol. The summed E-state index contributed by atoms with van der Waals surface area (Å²) in [5, 5.41) is 8.56. The first kappa shape index (κ1) is 9.80. The second-order valence-corrected chi connectivity index (χ2v) is 4.06. The summed E-state index contributed by atoms with van der Waals surface area (Å²) in [5.74, 6) is 0.785. The number of anilines is 2. The second-order valence-electron chi connectivity index (χ2n) is 3.32. The first-order chi connectivity index (χ1) is 6.61. The number of halogens is 2. The molecule has 2 heterocycles. The van der Waals surface area contributed by atoms with Gasteiger partial charge in [0.25, 0.3) is 0 Å². The van der Waals surface area contributed by atoms with E-state index in [9.17, 15) is 0 Å². The minimum Gasteiger partial charge on any atom is -0.368 e. The highest BCUT2D eigenvalue weighted by molar-refractivity contribution is 6.43. The summed E-state index contributed by atoms with van der Waals surface area (Å²) < 4.78 is 0. The summed E-state index contributed by atoms with van der Waals surface area (Å²) in [7, 11) is 3.93. The summed E-state index contributed by atoms with van der Waals surface area (Å²) in [6.45, 7) is 1.82. The molecule has 1 aliphatic heterocycles. The van der Waals surface area contributed by atoms with Crippen LogP contribution in [0.25, 0.3) is 0 Å². The highest BCUT2D eigenvalue weighted by Gasteiger charge is 2.24. The van der Waals surface area contributed by atoms with Crippen molar-refractivity contribution in [2.75, 3.05) is 37.0 Å². The molecule has 0 saturated carbocycles. The average Bonchev–Trinajstić information content (AvgIpc) is 2.16. The van der Waals surface area contributed by atoms with Crippen LogP contribution in [0.5, 0.6) is 0 Å². The van der Waals surface area contributed by atoms with Crippen molar-refractivity contribution < 1.29 is 0 Å². The van der Waals surface area contributed by atoms with Crippen molar-refractivity contribution in [2.45, 2.75) is 0 Å². The lowest BCUT2D eigenvalue weighted by Gasteiger charge is -2.33. The van der Waals surface area contributed by atoms with Crippen LogP contribution in [0.1, 0.15) is 0 Å². The van der Waals surface area contributed by atoms with E-state index in [0.29, 0.717) is 5.02 Å². The molecule has 0 N–H and O–H groups in total. The molecule has 76 valence electrons. The molecule has 6 heteroatoms. The van der Waals surface area contributed by atoms with E-state index in [0.717, 1.165) is 24.6 Å². The number of likely N-dealkylation sites (N-methyl/N-ethyl adjacent to an activating group) is 2. The Morgan fingerprint density at radius 3 is 2.43 bits per heavy atom. The fourth-order valence-electron chi connectivity index (χ4n) is 1.49. The zero-order valence-electron chi connectivity index (χ0n) is 7.96. The number of nitrogens with zero attached hydrogens (tertiary/aromatic N) is 4. The van der Waals surface area contributed by atoms with Crippen LogP contribution in [-0.2, 0) is 0 Å². The Hall–Kier alpha value is -0.740. The van der Waals surface area contributed by atoms with Gasteiger partial charge in [-0.05, 0) is 0 Å². The molecule has 1 aromatic rings. The van der Waals surface area contributed by atoms with Crippen molar-refractivity contribution in [2.24, 2.45) is 0 Å². The van der Waals surface area contributed by atoms with Gasteiger partial charge in [-0.1, -0.05) is 23.2 Å². The lowest BCUT2D eigenvalue weighted by atomic mass is 10.3. The first-order valence-electron chi connectivity index (χ1n) is 4.25. The standard InChI is InChI=1S/C8H10Cl2N4/c1-13-3-4-14(2)8-6(13)5(9)7(10)11-12-8/h3-4H2,1-2H3. The number of rotatable bonds is 0. The fraction of sp³-hybridized carbons (Fsp3) is 0.500. The third kappa shape index (κ3) is 1.38. The van der Waals surface area contributed by atoms with Crippen molar-refractivity contribution in [1.82, 2.24) is 10.2 Å². The third-order valence-electron chi connectivity index (χ3n) is 2.35. The minimum atomic E-state index is 0.257. The summed E-state index contributed by atoms with van der Waals surface area (Å²) in [5.41, 5.74) is 0.861. The summed E-state index contributed by atoms with van der Waals surface area (Å²) >= 11 is 11.9. The fourth-order valence-corrected chi connectivity index (χ4v) is 1.89. The molecule has 0 aliphatic carbocycles. The molecule has 0 spiro atoms. The van der Waals surface area contributed by atoms with Gasteiger partial charge in [0, 0.05) is 27.2 Å². The number of hydrogen-bond donors (Lipinski definition) is 0. The molecule has 14 heavy (non-hydrogen) atoms. The smallest absolute Gasteiger partial charge is 0.176 e. The molecule has 0 unspecified atom stereocenters. The van der Waals surface area contributed by atoms with Gasteiger partial charge in [0.05, 0.1) is 0 Å². The molecule has 1 aromatic heterocycles. The van der Waals surface area contributed by atoms with Gasteiger partial charge >= 0.3 is 0 Å². The summed E-state index contributed by atoms with van der Waals surface area (Å²) in [6, 6.07) is 0. The molecule has 0 saturated heterocycles. The highest BCUT2D eigenvalue weighted by Crippen LogP contribution is 2.38. The molecule has 0 radical (unpaired) electrons. The molecule has 2 rings (SSSR count). The highest BCUT2D eigenvalue weighted by atomic mass is 35.5. The number of hydrogen-bond acceptors (Lipinski definition) is 4. The molecular weight excluding hydrogens is 223 g/mol. The zero-order chi connectivity index (χ0) is 10.3. The van der Waals surface area contributed by atoms with Gasteiger partial charge in [0.2, 0.25) is 0 Å². The van der Waals surface area contributed by atoms with Gasteiger partial charge in [-0.3, -0.25) is 0 Å². The van der Waals surface area contributed by atoms with Crippen LogP contribution in [0.3, 0.4) is 0 Å². The maximum absolute atomic E-state index is 6.07. The molecule has 0 fully saturated rings. The summed E-state index contributed by atoms with van der Waals surface area (Å²) in [6.07, 6.45) is 0. The summed E-state index contributed by atoms with van der Waals surface area (Å²) in [4.78, 5) is 4.06. The number of aromatic nitrogens is 2. The average molecular weight is 233 g/mol. The SMILES string of the molecule is CN1CCN(C)c2c1nnc(Cl)c2Cl. The van der Waals surface area contributed by atoms with Crippen LogP contribution in [0.4, 0.5) is 11.5 Å². The van der Waals surface area contributed by atoms with Crippen LogP contribution in [0.15, 0.2) is 0 Å². The van der Waals surface area contributed by atoms with E-state index in [1.807, 2.05) is 23.9 Å². The van der Waals surface area contributed by atoms with Crippen LogP contribution in [0.2, 0.25) is 10.2 Å². The predicted octanol–water partition coefficient (Wildman–Crippen LogP) is 1.67. The molecule has 0 atom stereocenters. The Balaban J connectivity index is 2.61. The van der Waals surface area contributed by atoms with E-state index in [4.69, 9.17) is 23.2 Å². The van der Waals surface area contributed by atoms with Crippen LogP contribution < -0.4 is 9.80 Å². The van der Waals surface area contributed by atoms with E-state index in [2.05, 4.69) is 10.2 Å². The Labute approximate surface area is 92.4 Å². The second kappa shape index (κ2) is 3.44.